The van der Waals surface area contributed by atoms with Gasteiger partial charge in [0.05, 0.1) is 23.5 Å². The van der Waals surface area contributed by atoms with Crippen LogP contribution in [0.15, 0.2) is 67.0 Å². The van der Waals surface area contributed by atoms with Crippen LogP contribution in [0.4, 0.5) is 14.5 Å². The average Bonchev–Trinajstić information content (AvgIpc) is 3.65. The summed E-state index contributed by atoms with van der Waals surface area (Å²) in [5.41, 5.74) is 3.48. The average molecular weight is 517 g/mol. The molecular formula is C27H26F2N8O. The van der Waals surface area contributed by atoms with E-state index in [0.717, 1.165) is 24.1 Å². The summed E-state index contributed by atoms with van der Waals surface area (Å²) >= 11 is 0. The Morgan fingerprint density at radius 3 is 2.71 bits per heavy atom. The largest absolute Gasteiger partial charge is 0.365 e. The van der Waals surface area contributed by atoms with Gasteiger partial charge in [-0.05, 0) is 78.7 Å². The molecule has 1 atom stereocenters. The lowest BCUT2D eigenvalue weighted by atomic mass is 10.0. The van der Waals surface area contributed by atoms with E-state index in [9.17, 15) is 13.6 Å². The molecule has 0 radical (unpaired) electrons. The topological polar surface area (TPSA) is 93.8 Å². The predicted molar refractivity (Wildman–Crippen MR) is 139 cm³/mol. The van der Waals surface area contributed by atoms with Crippen molar-refractivity contribution in [2.45, 2.75) is 25.8 Å². The number of aromatic nitrogens is 6. The quantitative estimate of drug-likeness (QED) is 0.357. The molecule has 0 spiro atoms. The maximum atomic E-state index is 14.4. The van der Waals surface area contributed by atoms with Crippen LogP contribution < -0.4 is 5.32 Å². The van der Waals surface area contributed by atoms with E-state index in [-0.39, 0.29) is 11.9 Å². The molecule has 4 aromatic rings. The predicted octanol–water partition coefficient (Wildman–Crippen LogP) is 4.73. The number of benzene rings is 2. The second-order valence-corrected chi connectivity index (χ2v) is 9.07. The molecule has 5 rings (SSSR count). The number of likely N-dealkylation sites (tertiary alicyclic amines) is 1. The third-order valence-corrected chi connectivity index (χ3v) is 6.66. The Kier molecular flexibility index (Phi) is 6.82. The molecule has 38 heavy (non-hydrogen) atoms. The second-order valence-electron chi connectivity index (χ2n) is 9.07. The lowest BCUT2D eigenvalue weighted by molar-refractivity contribution is 0.102. The van der Waals surface area contributed by atoms with Crippen LogP contribution >= 0.6 is 0 Å². The standard InChI is InChI=1S/C27H26F2N8O/c1-17(36-13-4-5-25(36)22-15-20(28)8-11-24(22)29)12-14-37-18(2)23(16-30-37)27(38)31-21-9-6-19(7-10-21)26-32-33-34-35(26)3/h6-12,14-16,25H,1,4-5,13H2,2-3H3,(H,31,38)/b14-12-/t25-/m1/s1. The van der Waals surface area contributed by atoms with Crippen LogP contribution in [0.25, 0.3) is 17.6 Å². The van der Waals surface area contributed by atoms with Crippen LogP contribution in [0.3, 0.4) is 0 Å². The minimum atomic E-state index is -0.467. The van der Waals surface area contributed by atoms with Gasteiger partial charge in [0.25, 0.3) is 5.91 Å². The summed E-state index contributed by atoms with van der Waals surface area (Å²) in [7, 11) is 1.75. The summed E-state index contributed by atoms with van der Waals surface area (Å²) in [5, 5.41) is 18.6. The Morgan fingerprint density at radius 2 is 1.97 bits per heavy atom. The first-order valence-electron chi connectivity index (χ1n) is 12.1. The third kappa shape index (κ3) is 4.95. The van der Waals surface area contributed by atoms with E-state index < -0.39 is 11.6 Å². The summed E-state index contributed by atoms with van der Waals surface area (Å²) in [6.07, 6.45) is 6.51. The molecule has 3 heterocycles. The minimum absolute atomic E-state index is 0.292. The van der Waals surface area contributed by atoms with Gasteiger partial charge in [0.15, 0.2) is 5.82 Å². The Balaban J connectivity index is 1.26. The lowest BCUT2D eigenvalue weighted by Gasteiger charge is -2.27. The Bertz CT molecular complexity index is 1520. The summed E-state index contributed by atoms with van der Waals surface area (Å²) in [6, 6.07) is 10.4. The number of amides is 1. The zero-order chi connectivity index (χ0) is 26.8. The normalized spacial score (nSPS) is 15.4. The Labute approximate surface area is 218 Å². The van der Waals surface area contributed by atoms with Gasteiger partial charge in [-0.15, -0.1) is 5.10 Å². The van der Waals surface area contributed by atoms with E-state index in [4.69, 9.17) is 0 Å². The molecule has 1 saturated heterocycles. The number of carbonyl (C=O) groups excluding carboxylic acids is 1. The van der Waals surface area contributed by atoms with Crippen molar-refractivity contribution in [2.24, 2.45) is 7.05 Å². The van der Waals surface area contributed by atoms with Crippen LogP contribution in [0.2, 0.25) is 0 Å². The maximum absolute atomic E-state index is 14.4. The molecule has 11 heteroatoms. The number of allylic oxidation sites excluding steroid dienone is 1. The van der Waals surface area contributed by atoms with Crippen molar-refractivity contribution in [3.8, 4) is 11.4 Å². The van der Waals surface area contributed by atoms with Gasteiger partial charge in [0, 0.05) is 42.3 Å². The number of anilines is 1. The Morgan fingerprint density at radius 1 is 1.18 bits per heavy atom. The van der Waals surface area contributed by atoms with Crippen molar-refractivity contribution in [1.29, 1.82) is 0 Å². The molecular weight excluding hydrogens is 490 g/mol. The number of nitrogens with one attached hydrogen (secondary N) is 1. The molecule has 1 N–H and O–H groups in total. The zero-order valence-corrected chi connectivity index (χ0v) is 21.0. The van der Waals surface area contributed by atoms with E-state index in [0.29, 0.717) is 47.0 Å². The second kappa shape index (κ2) is 10.4. The van der Waals surface area contributed by atoms with Gasteiger partial charge in [-0.25, -0.2) is 18.1 Å². The first kappa shape index (κ1) is 25.0. The molecule has 0 aliphatic carbocycles. The fourth-order valence-electron chi connectivity index (χ4n) is 4.63. The monoisotopic (exact) mass is 516 g/mol. The molecule has 2 aromatic heterocycles. The van der Waals surface area contributed by atoms with Crippen LogP contribution in [0.1, 0.15) is 40.5 Å². The highest BCUT2D eigenvalue weighted by Crippen LogP contribution is 2.36. The number of halogens is 2. The lowest BCUT2D eigenvalue weighted by Crippen LogP contribution is -2.22. The highest BCUT2D eigenvalue weighted by Gasteiger charge is 2.28. The Hall–Kier alpha value is -4.67. The third-order valence-electron chi connectivity index (χ3n) is 6.66. The van der Waals surface area contributed by atoms with Gasteiger partial charge in [0.2, 0.25) is 0 Å². The summed E-state index contributed by atoms with van der Waals surface area (Å²) in [6.45, 7) is 6.60. The molecule has 9 nitrogen and oxygen atoms in total. The fourth-order valence-corrected chi connectivity index (χ4v) is 4.63. The maximum Gasteiger partial charge on any atom is 0.259 e. The van der Waals surface area contributed by atoms with Gasteiger partial charge >= 0.3 is 0 Å². The number of carbonyl (C=O) groups is 1. The van der Waals surface area contributed by atoms with Crippen molar-refractivity contribution in [3.05, 3.63) is 95.5 Å². The van der Waals surface area contributed by atoms with Crippen molar-refractivity contribution in [2.75, 3.05) is 11.9 Å². The number of hydrogen-bond acceptors (Lipinski definition) is 6. The highest BCUT2D eigenvalue weighted by molar-refractivity contribution is 6.05. The molecule has 1 aliphatic heterocycles. The van der Waals surface area contributed by atoms with Crippen LogP contribution in [-0.4, -0.2) is 47.3 Å². The van der Waals surface area contributed by atoms with E-state index in [1.54, 1.807) is 47.7 Å². The SMILES string of the molecule is C=C(/C=C\n1ncc(C(=O)Nc2ccc(-c3nnnn3C)cc2)c1C)N1CCC[C@@H]1c1cc(F)ccc1F. The minimum Gasteiger partial charge on any atom is -0.365 e. The highest BCUT2D eigenvalue weighted by atomic mass is 19.1. The molecule has 1 aliphatic rings. The summed E-state index contributed by atoms with van der Waals surface area (Å²) in [4.78, 5) is 14.9. The van der Waals surface area contributed by atoms with E-state index in [2.05, 4.69) is 32.5 Å². The van der Waals surface area contributed by atoms with Crippen molar-refractivity contribution < 1.29 is 13.6 Å². The van der Waals surface area contributed by atoms with Crippen molar-refractivity contribution >= 4 is 17.8 Å². The number of nitrogens with zero attached hydrogens (tertiary/aromatic N) is 7. The fraction of sp³-hybridized carbons (Fsp3) is 0.222. The van der Waals surface area contributed by atoms with Crippen LogP contribution in [-0.2, 0) is 7.05 Å². The first-order chi connectivity index (χ1) is 18.3. The van der Waals surface area contributed by atoms with Crippen molar-refractivity contribution in [1.82, 2.24) is 34.9 Å². The summed E-state index contributed by atoms with van der Waals surface area (Å²) in [5.74, 6) is -0.574. The molecule has 1 fully saturated rings. The molecule has 194 valence electrons. The van der Waals surface area contributed by atoms with Gasteiger partial charge < -0.3 is 10.2 Å². The zero-order valence-electron chi connectivity index (χ0n) is 21.0. The van der Waals surface area contributed by atoms with Gasteiger partial charge in [0.1, 0.15) is 11.6 Å². The number of hydrogen-bond donors (Lipinski definition) is 1. The number of aryl methyl sites for hydroxylation is 1. The molecule has 0 unspecified atom stereocenters. The molecule has 1 amide bonds. The number of tetrazole rings is 1. The van der Waals surface area contributed by atoms with Gasteiger partial charge in [-0.1, -0.05) is 6.58 Å². The van der Waals surface area contributed by atoms with Gasteiger partial charge in [-0.2, -0.15) is 5.10 Å². The first-order valence-corrected chi connectivity index (χ1v) is 12.1. The van der Waals surface area contributed by atoms with Crippen LogP contribution in [0, 0.1) is 18.6 Å². The van der Waals surface area contributed by atoms with Crippen molar-refractivity contribution in [3.63, 3.8) is 0 Å². The smallest absolute Gasteiger partial charge is 0.259 e. The molecule has 0 saturated carbocycles. The summed E-state index contributed by atoms with van der Waals surface area (Å²) < 4.78 is 31.3. The van der Waals surface area contributed by atoms with E-state index in [1.165, 1.54) is 12.3 Å². The van der Waals surface area contributed by atoms with E-state index in [1.807, 2.05) is 17.0 Å². The van der Waals surface area contributed by atoms with E-state index >= 15 is 0 Å². The molecule has 0 bridgehead atoms. The number of rotatable bonds is 7. The van der Waals surface area contributed by atoms with Crippen LogP contribution in [0.5, 0.6) is 0 Å². The molecule has 2 aromatic carbocycles. The van der Waals surface area contributed by atoms with Gasteiger partial charge in [-0.3, -0.25) is 4.79 Å².